The van der Waals surface area contributed by atoms with Crippen molar-refractivity contribution >= 4 is 22.0 Å². The highest BCUT2D eigenvalue weighted by molar-refractivity contribution is 9.10. The van der Waals surface area contributed by atoms with Crippen LogP contribution in [0.3, 0.4) is 0 Å². The zero-order chi connectivity index (χ0) is 21.6. The molecule has 6 nitrogen and oxygen atoms in total. The molecule has 2 atom stereocenters. The summed E-state index contributed by atoms with van der Waals surface area (Å²) < 4.78 is 17.7. The fourth-order valence-corrected chi connectivity index (χ4v) is 5.62. The number of amides is 1. The molecule has 0 bridgehead atoms. The predicted molar refractivity (Wildman–Crippen MR) is 124 cm³/mol. The molecule has 3 fully saturated rings. The quantitative estimate of drug-likeness (QED) is 0.473. The third-order valence-electron chi connectivity index (χ3n) is 6.83. The molecule has 1 aliphatic carbocycles. The number of methoxy groups -OCH3 is 1. The Morgan fingerprint density at radius 1 is 1.13 bits per heavy atom. The summed E-state index contributed by atoms with van der Waals surface area (Å²) in [5.74, 6) is 1.50. The lowest BCUT2D eigenvalue weighted by molar-refractivity contribution is 0.108. The van der Waals surface area contributed by atoms with Gasteiger partial charge in [-0.1, -0.05) is 35.2 Å². The molecule has 0 aromatic heterocycles. The molecule has 4 rings (SSSR count). The summed E-state index contributed by atoms with van der Waals surface area (Å²) in [6.07, 6.45) is 8.16. The minimum Gasteiger partial charge on any atom is -0.491 e. The number of carbonyl (C=O) groups is 1. The van der Waals surface area contributed by atoms with E-state index in [-0.39, 0.29) is 12.2 Å². The van der Waals surface area contributed by atoms with Crippen molar-refractivity contribution in [3.63, 3.8) is 0 Å². The zero-order valence-electron chi connectivity index (χ0n) is 18.6. The first kappa shape index (κ1) is 22.9. The first-order chi connectivity index (χ1) is 15.1. The number of likely N-dealkylation sites (tertiary alicyclic amines) is 1. The van der Waals surface area contributed by atoms with Crippen LogP contribution in [0.25, 0.3) is 0 Å². The molecule has 1 aromatic carbocycles. The fourth-order valence-electron chi connectivity index (χ4n) is 5.21. The molecule has 172 valence electrons. The first-order valence-electron chi connectivity index (χ1n) is 11.7. The molecule has 1 saturated carbocycles. The van der Waals surface area contributed by atoms with E-state index >= 15 is 0 Å². The average Bonchev–Trinajstić information content (AvgIpc) is 3.37. The number of carbonyl (C=O) groups excluding carboxylic acids is 1. The molecule has 1 aromatic rings. The number of nitrogens with zero attached hydrogens (tertiary/aromatic N) is 2. The Hall–Kier alpha value is -1.31. The Morgan fingerprint density at radius 2 is 1.97 bits per heavy atom. The molecule has 0 N–H and O–H groups in total. The van der Waals surface area contributed by atoms with Crippen molar-refractivity contribution in [2.24, 2.45) is 5.92 Å². The van der Waals surface area contributed by atoms with E-state index in [4.69, 9.17) is 14.2 Å². The molecule has 2 heterocycles. The third kappa shape index (κ3) is 6.14. The molecule has 1 amide bonds. The van der Waals surface area contributed by atoms with Gasteiger partial charge in [0.15, 0.2) is 0 Å². The number of ether oxygens (including phenoxy) is 3. The second-order valence-corrected chi connectivity index (χ2v) is 10.0. The van der Waals surface area contributed by atoms with Gasteiger partial charge in [-0.2, -0.15) is 0 Å². The normalized spacial score (nSPS) is 25.2. The maximum atomic E-state index is 12.4. The molecule has 2 aliphatic heterocycles. The summed E-state index contributed by atoms with van der Waals surface area (Å²) in [7, 11) is 1.68. The Balaban J connectivity index is 1.25. The lowest BCUT2D eigenvalue weighted by atomic mass is 9.94. The van der Waals surface area contributed by atoms with E-state index in [9.17, 15) is 4.79 Å². The minimum atomic E-state index is -0.0955. The molecule has 2 unspecified atom stereocenters. The molecular weight excluding hydrogens is 460 g/mol. The molecule has 2 saturated heterocycles. The van der Waals surface area contributed by atoms with Crippen molar-refractivity contribution < 1.29 is 19.0 Å². The largest absolute Gasteiger partial charge is 0.491 e. The number of rotatable bonds is 9. The number of cyclic esters (lactones) is 1. The Labute approximate surface area is 194 Å². The van der Waals surface area contributed by atoms with Gasteiger partial charge in [-0.25, -0.2) is 4.79 Å². The molecule has 7 heteroatoms. The topological polar surface area (TPSA) is 51.2 Å². The van der Waals surface area contributed by atoms with Gasteiger partial charge in [0.1, 0.15) is 18.5 Å². The van der Waals surface area contributed by atoms with Crippen molar-refractivity contribution in [3.8, 4) is 5.75 Å². The van der Waals surface area contributed by atoms with Gasteiger partial charge in [-0.3, -0.25) is 4.90 Å². The molecule has 3 aliphatic rings. The number of benzene rings is 1. The van der Waals surface area contributed by atoms with E-state index < -0.39 is 0 Å². The monoisotopic (exact) mass is 494 g/mol. The van der Waals surface area contributed by atoms with Gasteiger partial charge >= 0.3 is 6.09 Å². The molecular formula is C24H35BrN2O4. The molecule has 31 heavy (non-hydrogen) atoms. The van der Waals surface area contributed by atoms with E-state index in [0.717, 1.165) is 55.7 Å². The van der Waals surface area contributed by atoms with Crippen LogP contribution in [0.5, 0.6) is 5.75 Å². The van der Waals surface area contributed by atoms with Crippen LogP contribution in [0.4, 0.5) is 4.79 Å². The maximum absolute atomic E-state index is 12.4. The van der Waals surface area contributed by atoms with Gasteiger partial charge in [0, 0.05) is 30.7 Å². The van der Waals surface area contributed by atoms with Crippen LogP contribution in [0.1, 0.15) is 44.1 Å². The van der Waals surface area contributed by atoms with Crippen molar-refractivity contribution in [1.82, 2.24) is 9.80 Å². The van der Waals surface area contributed by atoms with Gasteiger partial charge in [0.05, 0.1) is 13.2 Å². The Morgan fingerprint density at radius 3 is 2.77 bits per heavy atom. The van der Waals surface area contributed by atoms with Gasteiger partial charge in [0.25, 0.3) is 0 Å². The lowest BCUT2D eigenvalue weighted by Gasteiger charge is -2.29. The Kier molecular flexibility index (Phi) is 8.13. The van der Waals surface area contributed by atoms with Crippen molar-refractivity contribution in [1.29, 1.82) is 0 Å². The van der Waals surface area contributed by atoms with E-state index in [1.165, 1.54) is 31.2 Å². The summed E-state index contributed by atoms with van der Waals surface area (Å²) in [6.45, 7) is 4.89. The Bertz CT molecular complexity index is 740. The van der Waals surface area contributed by atoms with Gasteiger partial charge in [-0.05, 0) is 61.9 Å². The standard InChI is InChI=1S/C24H35BrN2O4/c1-29-11-12-30-21-7-8-23(25)19(14-21)13-18-9-10-26(15-18)16-22-17-27(24(28)31-22)20-5-3-2-4-6-20/h7-8,14,18,20,22H,2-6,9-13,15-17H2,1H3. The van der Waals surface area contributed by atoms with Crippen LogP contribution >= 0.6 is 15.9 Å². The van der Waals surface area contributed by atoms with Crippen molar-refractivity contribution in [2.75, 3.05) is 46.5 Å². The number of hydrogen-bond acceptors (Lipinski definition) is 5. The smallest absolute Gasteiger partial charge is 0.410 e. The SMILES string of the molecule is COCCOc1ccc(Br)c(CC2CCN(CC3CN(C4CCCCC4)C(=O)O3)C2)c1. The second kappa shape index (κ2) is 11.0. The fraction of sp³-hybridized carbons (Fsp3) is 0.708. The van der Waals surface area contributed by atoms with E-state index in [1.807, 2.05) is 11.0 Å². The lowest BCUT2D eigenvalue weighted by Crippen LogP contribution is -2.39. The van der Waals surface area contributed by atoms with Crippen LogP contribution in [0.15, 0.2) is 22.7 Å². The van der Waals surface area contributed by atoms with Crippen LogP contribution in [-0.4, -0.2) is 74.5 Å². The van der Waals surface area contributed by atoms with Crippen LogP contribution in [-0.2, 0) is 15.9 Å². The first-order valence-corrected chi connectivity index (χ1v) is 12.5. The minimum absolute atomic E-state index is 0.0115. The zero-order valence-corrected chi connectivity index (χ0v) is 20.1. The highest BCUT2D eigenvalue weighted by Crippen LogP contribution is 2.30. The second-order valence-electron chi connectivity index (χ2n) is 9.16. The summed E-state index contributed by atoms with van der Waals surface area (Å²) >= 11 is 3.70. The predicted octanol–water partition coefficient (Wildman–Crippen LogP) is 4.49. The van der Waals surface area contributed by atoms with Crippen molar-refractivity contribution in [3.05, 3.63) is 28.2 Å². The summed E-state index contributed by atoms with van der Waals surface area (Å²) in [6, 6.07) is 6.61. The van der Waals surface area contributed by atoms with Gasteiger partial charge in [-0.15, -0.1) is 0 Å². The summed E-state index contributed by atoms with van der Waals surface area (Å²) in [4.78, 5) is 16.9. The van der Waals surface area contributed by atoms with Gasteiger partial charge < -0.3 is 19.1 Å². The van der Waals surface area contributed by atoms with E-state index in [2.05, 4.69) is 33.0 Å². The molecule has 0 spiro atoms. The number of halogens is 1. The average molecular weight is 495 g/mol. The third-order valence-corrected chi connectivity index (χ3v) is 7.61. The van der Waals surface area contributed by atoms with Gasteiger partial charge in [0.2, 0.25) is 0 Å². The van der Waals surface area contributed by atoms with Crippen molar-refractivity contribution in [2.45, 2.75) is 57.1 Å². The highest BCUT2D eigenvalue weighted by atomic mass is 79.9. The molecule has 0 radical (unpaired) electrons. The maximum Gasteiger partial charge on any atom is 0.410 e. The van der Waals surface area contributed by atoms with Crippen LogP contribution in [0, 0.1) is 5.92 Å². The number of hydrogen-bond donors (Lipinski definition) is 0. The van der Waals surface area contributed by atoms with Crippen LogP contribution in [0.2, 0.25) is 0 Å². The highest BCUT2D eigenvalue weighted by Gasteiger charge is 2.38. The summed E-state index contributed by atoms with van der Waals surface area (Å²) in [5, 5.41) is 0. The van der Waals surface area contributed by atoms with Crippen LogP contribution < -0.4 is 4.74 Å². The summed E-state index contributed by atoms with van der Waals surface area (Å²) in [5.41, 5.74) is 1.29. The van der Waals surface area contributed by atoms with E-state index in [1.54, 1.807) is 7.11 Å². The van der Waals surface area contributed by atoms with E-state index in [0.29, 0.717) is 25.2 Å².